The van der Waals surface area contributed by atoms with Crippen LogP contribution in [0.5, 0.6) is 0 Å². The Hall–Kier alpha value is -0.830. The highest BCUT2D eigenvalue weighted by molar-refractivity contribution is 5.20. The molecule has 0 saturated heterocycles. The Balaban J connectivity index is 2.29. The molecule has 0 aliphatic carbocycles. The Morgan fingerprint density at radius 3 is 2.93 bits per heavy atom. The Morgan fingerprint density at radius 2 is 2.29 bits per heavy atom. The summed E-state index contributed by atoms with van der Waals surface area (Å²) >= 11 is 0. The fourth-order valence-electron chi connectivity index (χ4n) is 2.06. The lowest BCUT2D eigenvalue weighted by molar-refractivity contribution is 0.590. The molecule has 1 N–H and O–H groups in total. The molecule has 0 fully saturated rings. The number of hydrogen-bond acceptors (Lipinski definition) is 2. The molecule has 0 unspecified atom stereocenters. The van der Waals surface area contributed by atoms with Crippen LogP contribution in [0.15, 0.2) is 0 Å². The van der Waals surface area contributed by atoms with Gasteiger partial charge in [0.15, 0.2) is 0 Å². The van der Waals surface area contributed by atoms with Crippen molar-refractivity contribution in [1.29, 1.82) is 0 Å². The third kappa shape index (κ3) is 1.69. The number of imidazole rings is 1. The Labute approximate surface area is 85.5 Å². The summed E-state index contributed by atoms with van der Waals surface area (Å²) in [6, 6.07) is 0. The summed E-state index contributed by atoms with van der Waals surface area (Å²) in [7, 11) is 2.15. The molecule has 0 bridgehead atoms. The molecule has 1 aromatic rings. The summed E-state index contributed by atoms with van der Waals surface area (Å²) in [5.74, 6) is 1.93. The quantitative estimate of drug-likeness (QED) is 0.766. The van der Waals surface area contributed by atoms with Crippen molar-refractivity contribution < 1.29 is 0 Å². The van der Waals surface area contributed by atoms with Gasteiger partial charge >= 0.3 is 0 Å². The van der Waals surface area contributed by atoms with Crippen LogP contribution in [0.2, 0.25) is 0 Å². The number of nitrogens with zero attached hydrogens (tertiary/aromatic N) is 2. The molecular formula is C11H19N3. The van der Waals surface area contributed by atoms with Gasteiger partial charge in [0, 0.05) is 38.7 Å². The van der Waals surface area contributed by atoms with Crippen LogP contribution in [0, 0.1) is 5.92 Å². The Bertz CT molecular complexity index is 326. The van der Waals surface area contributed by atoms with Gasteiger partial charge in [0.05, 0.1) is 5.69 Å². The number of hydrogen-bond donors (Lipinski definition) is 1. The van der Waals surface area contributed by atoms with Crippen molar-refractivity contribution >= 4 is 0 Å². The number of fused-ring (bicyclic) bond motifs is 1. The van der Waals surface area contributed by atoms with E-state index in [0.717, 1.165) is 25.9 Å². The van der Waals surface area contributed by atoms with E-state index in [-0.39, 0.29) is 0 Å². The second-order valence-electron chi connectivity index (χ2n) is 4.51. The highest BCUT2D eigenvalue weighted by Gasteiger charge is 2.17. The minimum absolute atomic E-state index is 0.686. The van der Waals surface area contributed by atoms with Gasteiger partial charge in [0.1, 0.15) is 5.82 Å². The van der Waals surface area contributed by atoms with E-state index in [1.165, 1.54) is 17.2 Å². The molecule has 1 aliphatic rings. The lowest BCUT2D eigenvalue weighted by atomic mass is 10.1. The summed E-state index contributed by atoms with van der Waals surface area (Å²) in [5, 5.41) is 3.36. The van der Waals surface area contributed by atoms with E-state index in [4.69, 9.17) is 4.98 Å². The van der Waals surface area contributed by atoms with Crippen molar-refractivity contribution in [3.63, 3.8) is 0 Å². The van der Waals surface area contributed by atoms with Crippen LogP contribution in [-0.2, 0) is 26.4 Å². The monoisotopic (exact) mass is 193 g/mol. The highest BCUT2D eigenvalue weighted by atomic mass is 15.1. The molecule has 2 rings (SSSR count). The summed E-state index contributed by atoms with van der Waals surface area (Å²) in [4.78, 5) is 4.69. The summed E-state index contributed by atoms with van der Waals surface area (Å²) in [5.41, 5.74) is 2.69. The normalized spacial score (nSPS) is 16.0. The molecule has 0 atom stereocenters. The van der Waals surface area contributed by atoms with E-state index >= 15 is 0 Å². The Kier molecular flexibility index (Phi) is 2.59. The van der Waals surface area contributed by atoms with Crippen LogP contribution >= 0.6 is 0 Å². The Morgan fingerprint density at radius 1 is 1.50 bits per heavy atom. The van der Waals surface area contributed by atoms with Crippen LogP contribution in [0.4, 0.5) is 0 Å². The molecule has 78 valence electrons. The van der Waals surface area contributed by atoms with Gasteiger partial charge in [0.2, 0.25) is 0 Å². The van der Waals surface area contributed by atoms with Crippen molar-refractivity contribution in [2.24, 2.45) is 13.0 Å². The first-order valence-corrected chi connectivity index (χ1v) is 5.42. The highest BCUT2D eigenvalue weighted by Crippen LogP contribution is 2.16. The molecule has 0 radical (unpaired) electrons. The minimum Gasteiger partial charge on any atom is -0.335 e. The van der Waals surface area contributed by atoms with Crippen molar-refractivity contribution in [3.05, 3.63) is 17.2 Å². The first-order chi connectivity index (χ1) is 6.68. The molecule has 14 heavy (non-hydrogen) atoms. The van der Waals surface area contributed by atoms with Crippen LogP contribution in [0.3, 0.4) is 0 Å². The average Bonchev–Trinajstić information content (AvgIpc) is 2.44. The number of rotatable bonds is 2. The molecule has 1 aromatic heterocycles. The van der Waals surface area contributed by atoms with Crippen molar-refractivity contribution in [2.45, 2.75) is 33.2 Å². The van der Waals surface area contributed by atoms with Gasteiger partial charge in [-0.15, -0.1) is 0 Å². The first-order valence-electron chi connectivity index (χ1n) is 5.42. The molecule has 0 saturated carbocycles. The van der Waals surface area contributed by atoms with Gasteiger partial charge in [-0.3, -0.25) is 0 Å². The average molecular weight is 193 g/mol. The maximum Gasteiger partial charge on any atom is 0.109 e. The van der Waals surface area contributed by atoms with E-state index in [1.54, 1.807) is 0 Å². The van der Waals surface area contributed by atoms with Crippen LogP contribution in [0.25, 0.3) is 0 Å². The standard InChI is InChI=1S/C11H19N3/c1-8(2)6-11-13-9-7-12-5-4-10(9)14(11)3/h8,12H,4-7H2,1-3H3. The molecule has 0 aromatic carbocycles. The van der Waals surface area contributed by atoms with E-state index in [1.807, 2.05) is 0 Å². The van der Waals surface area contributed by atoms with Gasteiger partial charge in [0.25, 0.3) is 0 Å². The maximum atomic E-state index is 4.69. The number of aromatic nitrogens is 2. The molecule has 0 amide bonds. The smallest absolute Gasteiger partial charge is 0.109 e. The predicted molar refractivity (Wildman–Crippen MR) is 57.2 cm³/mol. The summed E-state index contributed by atoms with van der Waals surface area (Å²) in [6.07, 6.45) is 2.21. The largest absolute Gasteiger partial charge is 0.335 e. The lowest BCUT2D eigenvalue weighted by Gasteiger charge is -2.13. The lowest BCUT2D eigenvalue weighted by Crippen LogP contribution is -2.24. The molecule has 0 spiro atoms. The van der Waals surface area contributed by atoms with Crippen LogP contribution < -0.4 is 5.32 Å². The number of nitrogens with one attached hydrogen (secondary N) is 1. The zero-order valence-corrected chi connectivity index (χ0v) is 9.30. The van der Waals surface area contributed by atoms with Crippen LogP contribution in [0.1, 0.15) is 31.1 Å². The van der Waals surface area contributed by atoms with Gasteiger partial charge in [-0.25, -0.2) is 4.98 Å². The van der Waals surface area contributed by atoms with Gasteiger partial charge < -0.3 is 9.88 Å². The fraction of sp³-hybridized carbons (Fsp3) is 0.727. The van der Waals surface area contributed by atoms with Gasteiger partial charge in [-0.1, -0.05) is 13.8 Å². The van der Waals surface area contributed by atoms with Gasteiger partial charge in [-0.2, -0.15) is 0 Å². The van der Waals surface area contributed by atoms with Crippen molar-refractivity contribution in [2.75, 3.05) is 6.54 Å². The molecule has 3 nitrogen and oxygen atoms in total. The summed E-state index contributed by atoms with van der Waals surface area (Å²) in [6.45, 7) is 6.52. The molecule has 1 aliphatic heterocycles. The third-order valence-electron chi connectivity index (χ3n) is 2.81. The maximum absolute atomic E-state index is 4.69. The third-order valence-corrected chi connectivity index (χ3v) is 2.81. The fourth-order valence-corrected chi connectivity index (χ4v) is 2.06. The minimum atomic E-state index is 0.686. The first kappa shape index (κ1) is 9.71. The van der Waals surface area contributed by atoms with Crippen molar-refractivity contribution in [3.8, 4) is 0 Å². The second kappa shape index (κ2) is 3.73. The molecular weight excluding hydrogens is 174 g/mol. The topological polar surface area (TPSA) is 29.9 Å². The molecule has 2 heterocycles. The van der Waals surface area contributed by atoms with E-state index in [9.17, 15) is 0 Å². The van der Waals surface area contributed by atoms with E-state index in [2.05, 4.69) is 30.8 Å². The predicted octanol–water partition coefficient (Wildman–Crippen LogP) is 1.26. The zero-order chi connectivity index (χ0) is 10.1. The van der Waals surface area contributed by atoms with Gasteiger partial charge in [-0.05, 0) is 5.92 Å². The zero-order valence-electron chi connectivity index (χ0n) is 9.30. The second-order valence-corrected chi connectivity index (χ2v) is 4.51. The van der Waals surface area contributed by atoms with E-state index < -0.39 is 0 Å². The van der Waals surface area contributed by atoms with Crippen molar-refractivity contribution in [1.82, 2.24) is 14.9 Å². The van der Waals surface area contributed by atoms with E-state index in [0.29, 0.717) is 5.92 Å². The summed E-state index contributed by atoms with van der Waals surface area (Å²) < 4.78 is 2.29. The SMILES string of the molecule is CC(C)Cc1nc2c(n1C)CCNC2. The van der Waals surface area contributed by atoms with Crippen LogP contribution in [-0.4, -0.2) is 16.1 Å². The molecule has 3 heteroatoms.